The van der Waals surface area contributed by atoms with E-state index < -0.39 is 0 Å². The van der Waals surface area contributed by atoms with Gasteiger partial charge in [0.2, 0.25) is 5.91 Å². The molecule has 6 heteroatoms. The van der Waals surface area contributed by atoms with Gasteiger partial charge in [-0.1, -0.05) is 46.9 Å². The maximum Gasteiger partial charge on any atom is 0.226 e. The Bertz CT molecular complexity index is 647. The molecule has 0 unspecified atom stereocenters. The number of carbonyl (C=O) groups excluding carboxylic acids is 1. The van der Waals surface area contributed by atoms with E-state index in [0.717, 1.165) is 5.69 Å². The second-order valence-electron chi connectivity index (χ2n) is 4.33. The Labute approximate surface area is 138 Å². The van der Waals surface area contributed by atoms with Crippen LogP contribution in [0.1, 0.15) is 6.42 Å². The van der Waals surface area contributed by atoms with Crippen molar-refractivity contribution in [3.8, 4) is 0 Å². The number of nitrogens with one attached hydrogen (secondary N) is 2. The SMILES string of the molecule is O=C(CCNc1ccc(Cl)c(Cl)c1)Nc1ccccc1Cl. The van der Waals surface area contributed by atoms with Gasteiger partial charge in [0.25, 0.3) is 0 Å². The van der Waals surface area contributed by atoms with Gasteiger partial charge in [0, 0.05) is 18.7 Å². The lowest BCUT2D eigenvalue weighted by Gasteiger charge is -2.09. The van der Waals surface area contributed by atoms with Crippen LogP contribution < -0.4 is 10.6 Å². The first-order valence-electron chi connectivity index (χ1n) is 6.29. The summed E-state index contributed by atoms with van der Waals surface area (Å²) in [6, 6.07) is 12.3. The van der Waals surface area contributed by atoms with E-state index in [9.17, 15) is 4.79 Å². The van der Waals surface area contributed by atoms with Crippen molar-refractivity contribution in [3.63, 3.8) is 0 Å². The van der Waals surface area contributed by atoms with Crippen LogP contribution in [0.25, 0.3) is 0 Å². The minimum atomic E-state index is -0.115. The van der Waals surface area contributed by atoms with Gasteiger partial charge in [-0.05, 0) is 30.3 Å². The van der Waals surface area contributed by atoms with Crippen LogP contribution in [0.15, 0.2) is 42.5 Å². The fourth-order valence-electron chi connectivity index (χ4n) is 1.70. The van der Waals surface area contributed by atoms with Gasteiger partial charge in [-0.2, -0.15) is 0 Å². The third-order valence-electron chi connectivity index (χ3n) is 2.75. The number of carbonyl (C=O) groups is 1. The molecule has 2 N–H and O–H groups in total. The van der Waals surface area contributed by atoms with Gasteiger partial charge in [0.15, 0.2) is 0 Å². The molecule has 3 nitrogen and oxygen atoms in total. The molecule has 0 aliphatic rings. The van der Waals surface area contributed by atoms with Crippen molar-refractivity contribution >= 4 is 52.1 Å². The zero-order valence-corrected chi connectivity index (χ0v) is 13.3. The van der Waals surface area contributed by atoms with Gasteiger partial charge in [0.1, 0.15) is 0 Å². The summed E-state index contributed by atoms with van der Waals surface area (Å²) in [5, 5.41) is 7.36. The van der Waals surface area contributed by atoms with Crippen molar-refractivity contribution in [2.75, 3.05) is 17.2 Å². The summed E-state index contributed by atoms with van der Waals surface area (Å²) in [5.74, 6) is -0.115. The van der Waals surface area contributed by atoms with Crippen LogP contribution in [0, 0.1) is 0 Å². The lowest BCUT2D eigenvalue weighted by Crippen LogP contribution is -2.16. The number of hydrogen-bond acceptors (Lipinski definition) is 2. The van der Waals surface area contributed by atoms with E-state index in [4.69, 9.17) is 34.8 Å². The fraction of sp³-hybridized carbons (Fsp3) is 0.133. The van der Waals surface area contributed by atoms with E-state index in [0.29, 0.717) is 33.7 Å². The maximum absolute atomic E-state index is 11.8. The second-order valence-corrected chi connectivity index (χ2v) is 5.56. The average molecular weight is 344 g/mol. The van der Waals surface area contributed by atoms with Crippen molar-refractivity contribution in [3.05, 3.63) is 57.5 Å². The van der Waals surface area contributed by atoms with Crippen LogP contribution in [0.2, 0.25) is 15.1 Å². The number of amides is 1. The summed E-state index contributed by atoms with van der Waals surface area (Å²) in [7, 11) is 0. The monoisotopic (exact) mass is 342 g/mol. The predicted octanol–water partition coefficient (Wildman–Crippen LogP) is 5.09. The van der Waals surface area contributed by atoms with Crippen molar-refractivity contribution < 1.29 is 4.79 Å². The van der Waals surface area contributed by atoms with E-state index in [1.54, 1.807) is 30.3 Å². The normalized spacial score (nSPS) is 10.2. The quantitative estimate of drug-likeness (QED) is 0.794. The first-order chi connectivity index (χ1) is 10.1. The summed E-state index contributed by atoms with van der Waals surface area (Å²) in [6.07, 6.45) is 0.311. The van der Waals surface area contributed by atoms with E-state index >= 15 is 0 Å². The van der Waals surface area contributed by atoms with Crippen LogP contribution in [-0.4, -0.2) is 12.5 Å². The third-order valence-corrected chi connectivity index (χ3v) is 3.82. The molecule has 0 atom stereocenters. The zero-order valence-electron chi connectivity index (χ0n) is 11.0. The van der Waals surface area contributed by atoms with Gasteiger partial charge < -0.3 is 10.6 Å². The molecule has 2 rings (SSSR count). The van der Waals surface area contributed by atoms with Gasteiger partial charge >= 0.3 is 0 Å². The molecular weight excluding hydrogens is 331 g/mol. The number of benzene rings is 2. The predicted molar refractivity (Wildman–Crippen MR) is 89.7 cm³/mol. The molecule has 0 fully saturated rings. The average Bonchev–Trinajstić information content (AvgIpc) is 2.45. The molecule has 0 radical (unpaired) electrons. The van der Waals surface area contributed by atoms with Gasteiger partial charge in [-0.15, -0.1) is 0 Å². The molecule has 0 saturated heterocycles. The van der Waals surface area contributed by atoms with Crippen LogP contribution in [0.5, 0.6) is 0 Å². The highest BCUT2D eigenvalue weighted by atomic mass is 35.5. The Hall–Kier alpha value is -1.42. The lowest BCUT2D eigenvalue weighted by atomic mass is 10.3. The van der Waals surface area contributed by atoms with Crippen LogP contribution in [-0.2, 0) is 4.79 Å². The first-order valence-corrected chi connectivity index (χ1v) is 7.43. The maximum atomic E-state index is 11.8. The molecule has 0 spiro atoms. The standard InChI is InChI=1S/C15H13Cl3N2O/c16-11-6-5-10(9-13(11)18)19-8-7-15(21)20-14-4-2-1-3-12(14)17/h1-6,9,19H,7-8H2,(H,20,21). The molecule has 2 aromatic rings. The second kappa shape index (κ2) is 7.55. The summed E-state index contributed by atoms with van der Waals surface area (Å²) in [4.78, 5) is 11.8. The van der Waals surface area contributed by atoms with Crippen LogP contribution in [0.3, 0.4) is 0 Å². The van der Waals surface area contributed by atoms with Crippen molar-refractivity contribution in [2.24, 2.45) is 0 Å². The van der Waals surface area contributed by atoms with Crippen LogP contribution in [0.4, 0.5) is 11.4 Å². The summed E-state index contributed by atoms with van der Waals surface area (Å²) < 4.78 is 0. The van der Waals surface area contributed by atoms with Crippen molar-refractivity contribution in [2.45, 2.75) is 6.42 Å². The third kappa shape index (κ3) is 4.81. The highest BCUT2D eigenvalue weighted by Gasteiger charge is 2.05. The Balaban J connectivity index is 1.82. The molecule has 0 aliphatic heterocycles. The molecular formula is C15H13Cl3N2O. The highest BCUT2D eigenvalue weighted by Crippen LogP contribution is 2.25. The zero-order chi connectivity index (χ0) is 15.2. The van der Waals surface area contributed by atoms with E-state index in [1.807, 2.05) is 12.1 Å². The van der Waals surface area contributed by atoms with E-state index in [1.165, 1.54) is 0 Å². The number of hydrogen-bond donors (Lipinski definition) is 2. The number of anilines is 2. The minimum Gasteiger partial charge on any atom is -0.384 e. The molecule has 0 saturated carbocycles. The molecule has 0 aliphatic carbocycles. The summed E-state index contributed by atoms with van der Waals surface area (Å²) in [6.45, 7) is 0.480. The number of rotatable bonds is 5. The Morgan fingerprint density at radius 2 is 1.71 bits per heavy atom. The fourth-order valence-corrected chi connectivity index (χ4v) is 2.18. The molecule has 0 aromatic heterocycles. The molecule has 1 amide bonds. The van der Waals surface area contributed by atoms with Gasteiger partial charge in [0.05, 0.1) is 20.8 Å². The Morgan fingerprint density at radius 3 is 2.43 bits per heavy atom. The van der Waals surface area contributed by atoms with Gasteiger partial charge in [-0.25, -0.2) is 0 Å². The lowest BCUT2D eigenvalue weighted by molar-refractivity contribution is -0.115. The first kappa shape index (κ1) is 16.0. The highest BCUT2D eigenvalue weighted by molar-refractivity contribution is 6.42. The Kier molecular flexibility index (Phi) is 5.74. The molecule has 0 heterocycles. The van der Waals surface area contributed by atoms with Crippen LogP contribution >= 0.6 is 34.8 Å². The van der Waals surface area contributed by atoms with Crippen molar-refractivity contribution in [1.82, 2.24) is 0 Å². The molecule has 21 heavy (non-hydrogen) atoms. The van der Waals surface area contributed by atoms with E-state index in [2.05, 4.69) is 10.6 Å². The minimum absolute atomic E-state index is 0.115. The smallest absolute Gasteiger partial charge is 0.226 e. The topological polar surface area (TPSA) is 41.1 Å². The largest absolute Gasteiger partial charge is 0.384 e. The summed E-state index contributed by atoms with van der Waals surface area (Å²) in [5.41, 5.74) is 1.42. The Morgan fingerprint density at radius 1 is 0.952 bits per heavy atom. The van der Waals surface area contributed by atoms with Gasteiger partial charge in [-0.3, -0.25) is 4.79 Å². The van der Waals surface area contributed by atoms with Crippen molar-refractivity contribution in [1.29, 1.82) is 0 Å². The molecule has 0 bridgehead atoms. The summed E-state index contributed by atoms with van der Waals surface area (Å²) >= 11 is 17.7. The van der Waals surface area contributed by atoms with E-state index in [-0.39, 0.29) is 5.91 Å². The molecule has 110 valence electrons. The number of halogens is 3. The number of para-hydroxylation sites is 1. The molecule has 2 aromatic carbocycles.